The van der Waals surface area contributed by atoms with Crippen molar-refractivity contribution < 1.29 is 27.8 Å². The van der Waals surface area contributed by atoms with E-state index < -0.39 is 29.7 Å². The van der Waals surface area contributed by atoms with Crippen LogP contribution < -0.4 is 4.74 Å². The zero-order chi connectivity index (χ0) is 25.7. The van der Waals surface area contributed by atoms with E-state index in [0.29, 0.717) is 60.4 Å². The van der Waals surface area contributed by atoms with Crippen LogP contribution in [0.5, 0.6) is 5.75 Å². The number of thioether (sulfide) groups is 1. The zero-order valence-electron chi connectivity index (χ0n) is 20.0. The number of fused-ring (bicyclic) bond motifs is 1. The number of rotatable bonds is 10. The fourth-order valence-electron chi connectivity index (χ4n) is 4.86. The predicted molar refractivity (Wildman–Crippen MR) is 134 cm³/mol. The van der Waals surface area contributed by atoms with Gasteiger partial charge in [-0.15, -0.1) is 11.8 Å². The first kappa shape index (κ1) is 26.3. The van der Waals surface area contributed by atoms with Gasteiger partial charge in [0.2, 0.25) is 0 Å². The molecule has 2 heterocycles. The van der Waals surface area contributed by atoms with Crippen LogP contribution in [-0.2, 0) is 4.79 Å². The number of nitrogens with zero attached hydrogens (tertiary/aromatic N) is 2. The zero-order valence-corrected chi connectivity index (χ0v) is 20.8. The van der Waals surface area contributed by atoms with Crippen LogP contribution in [0.15, 0.2) is 53.6 Å². The van der Waals surface area contributed by atoms with Gasteiger partial charge in [-0.05, 0) is 73.7 Å². The van der Waals surface area contributed by atoms with Gasteiger partial charge < -0.3 is 14.7 Å². The maximum atomic E-state index is 15.4. The summed E-state index contributed by atoms with van der Waals surface area (Å²) in [7, 11) is 1.56. The molecule has 36 heavy (non-hydrogen) atoms. The summed E-state index contributed by atoms with van der Waals surface area (Å²) in [5.74, 6) is -1.77. The Labute approximate surface area is 212 Å². The second kappa shape index (κ2) is 12.0. The van der Waals surface area contributed by atoms with Crippen molar-refractivity contribution >= 4 is 28.6 Å². The van der Waals surface area contributed by atoms with E-state index >= 15 is 4.39 Å². The molecule has 1 fully saturated rings. The number of carbonyl (C=O) groups is 1. The van der Waals surface area contributed by atoms with E-state index in [2.05, 4.69) is 4.98 Å². The number of aliphatic carboxylic acids is 1. The number of ether oxygens (including phenoxy) is 1. The number of carboxylic acids is 1. The second-order valence-electron chi connectivity index (χ2n) is 9.02. The highest BCUT2D eigenvalue weighted by Crippen LogP contribution is 2.35. The molecule has 4 rings (SSSR count). The molecule has 3 aromatic rings. The molecule has 0 unspecified atom stereocenters. The lowest BCUT2D eigenvalue weighted by atomic mass is 9.81. The quantitative estimate of drug-likeness (QED) is 0.326. The minimum atomic E-state index is -1.25. The summed E-state index contributed by atoms with van der Waals surface area (Å²) in [6, 6.07) is 10.8. The van der Waals surface area contributed by atoms with Crippen molar-refractivity contribution in [2.24, 2.45) is 11.8 Å². The molecule has 0 spiro atoms. The van der Waals surface area contributed by atoms with Gasteiger partial charge in [-0.3, -0.25) is 9.78 Å². The molecule has 1 aromatic heterocycles. The van der Waals surface area contributed by atoms with Crippen LogP contribution in [0, 0.1) is 23.5 Å². The molecule has 5 nitrogen and oxygen atoms in total. The fourth-order valence-corrected chi connectivity index (χ4v) is 5.82. The summed E-state index contributed by atoms with van der Waals surface area (Å²) < 4.78 is 48.3. The van der Waals surface area contributed by atoms with Crippen molar-refractivity contribution in [3.63, 3.8) is 0 Å². The molecule has 0 radical (unpaired) electrons. The Morgan fingerprint density at radius 2 is 2.03 bits per heavy atom. The Bertz CT molecular complexity index is 1190. The largest absolute Gasteiger partial charge is 0.497 e. The summed E-state index contributed by atoms with van der Waals surface area (Å²) in [5.41, 5.74) is 1.21. The van der Waals surface area contributed by atoms with Gasteiger partial charge in [0.1, 0.15) is 23.6 Å². The lowest BCUT2D eigenvalue weighted by Crippen LogP contribution is -2.44. The molecule has 1 aliphatic rings. The molecule has 1 aliphatic heterocycles. The van der Waals surface area contributed by atoms with E-state index in [1.807, 2.05) is 4.90 Å². The topological polar surface area (TPSA) is 62.7 Å². The molecule has 1 saturated heterocycles. The molecular formula is C27H29F3N2O3S. The first-order valence-electron chi connectivity index (χ1n) is 12.0. The van der Waals surface area contributed by atoms with E-state index in [0.717, 1.165) is 11.8 Å². The lowest BCUT2D eigenvalue weighted by molar-refractivity contribution is -0.146. The molecule has 0 bridgehead atoms. The number of piperidine rings is 1. The number of carboxylic acid groups (broad SMARTS) is 1. The van der Waals surface area contributed by atoms with Gasteiger partial charge in [0.15, 0.2) is 0 Å². The van der Waals surface area contributed by atoms with Gasteiger partial charge in [0.25, 0.3) is 0 Å². The third-order valence-corrected chi connectivity index (χ3v) is 7.91. The number of aromatic nitrogens is 1. The Balaban J connectivity index is 1.34. The minimum absolute atomic E-state index is 0.0163. The average Bonchev–Trinajstić information content (AvgIpc) is 2.88. The third kappa shape index (κ3) is 6.13. The third-order valence-electron chi connectivity index (χ3n) is 6.84. The monoisotopic (exact) mass is 518 g/mol. The van der Waals surface area contributed by atoms with Crippen LogP contribution in [0.1, 0.15) is 31.0 Å². The number of hydrogen-bond acceptors (Lipinski definition) is 5. The first-order chi connectivity index (χ1) is 17.4. The van der Waals surface area contributed by atoms with Crippen molar-refractivity contribution in [1.29, 1.82) is 0 Å². The molecule has 0 aliphatic carbocycles. The highest BCUT2D eigenvalue weighted by atomic mass is 32.2. The summed E-state index contributed by atoms with van der Waals surface area (Å²) >= 11 is 1.09. The summed E-state index contributed by atoms with van der Waals surface area (Å²) in [4.78, 5) is 18.3. The molecule has 9 heteroatoms. The normalized spacial score (nSPS) is 19.3. The van der Waals surface area contributed by atoms with Crippen molar-refractivity contribution in [3.8, 4) is 5.75 Å². The van der Waals surface area contributed by atoms with Gasteiger partial charge >= 0.3 is 5.97 Å². The van der Waals surface area contributed by atoms with E-state index in [1.165, 1.54) is 18.2 Å². The minimum Gasteiger partial charge on any atom is -0.497 e. The SMILES string of the molecule is COc1ccc2nccc([C@H](F)CC[C@@H]3CCN(CCSc4c(F)cccc4F)C[C@@H]3C(=O)O)c2c1. The molecule has 1 N–H and O–H groups in total. The lowest BCUT2D eigenvalue weighted by Gasteiger charge is -2.36. The standard InChI is InChI=1S/C27H29F3N2O3S/c1-35-18-6-8-25-20(15-18)19(9-11-31-25)22(28)7-5-17-10-12-32(16-21(17)27(33)34)13-14-36-26-23(29)3-2-4-24(26)30/h2-4,6,8-9,11,15,17,21-22H,5,7,10,12-14,16H2,1H3,(H,33,34)/t17-,21+,22-/m1/s1. The van der Waals surface area contributed by atoms with Crippen molar-refractivity contribution in [2.75, 3.05) is 32.5 Å². The van der Waals surface area contributed by atoms with Gasteiger partial charge in [-0.1, -0.05) is 6.07 Å². The van der Waals surface area contributed by atoms with Crippen molar-refractivity contribution in [2.45, 2.75) is 30.3 Å². The first-order valence-corrected chi connectivity index (χ1v) is 12.9. The number of alkyl halides is 1. The second-order valence-corrected chi connectivity index (χ2v) is 10.1. The highest BCUT2D eigenvalue weighted by Gasteiger charge is 2.34. The summed E-state index contributed by atoms with van der Waals surface area (Å²) in [6.07, 6.45) is 1.64. The number of methoxy groups -OCH3 is 1. The molecule has 3 atom stereocenters. The van der Waals surface area contributed by atoms with Crippen LogP contribution in [0.25, 0.3) is 10.9 Å². The Kier molecular flexibility index (Phi) is 8.74. The van der Waals surface area contributed by atoms with E-state index in [9.17, 15) is 18.7 Å². The predicted octanol–water partition coefficient (Wildman–Crippen LogP) is 6.13. The molecule has 0 amide bonds. The van der Waals surface area contributed by atoms with Crippen molar-refractivity contribution in [3.05, 3.63) is 65.9 Å². The number of benzene rings is 2. The van der Waals surface area contributed by atoms with E-state index in [1.54, 1.807) is 37.6 Å². The van der Waals surface area contributed by atoms with Gasteiger partial charge in [0, 0.05) is 30.4 Å². The van der Waals surface area contributed by atoms with E-state index in [4.69, 9.17) is 4.74 Å². The number of hydrogen-bond donors (Lipinski definition) is 1. The number of likely N-dealkylation sites (tertiary alicyclic amines) is 1. The molecule has 192 valence electrons. The van der Waals surface area contributed by atoms with Crippen LogP contribution in [0.3, 0.4) is 0 Å². The molecule has 0 saturated carbocycles. The number of halogens is 3. The Hall–Kier alpha value is -2.78. The van der Waals surface area contributed by atoms with Crippen LogP contribution in [0.4, 0.5) is 13.2 Å². The van der Waals surface area contributed by atoms with Gasteiger partial charge in [0.05, 0.1) is 23.4 Å². The van der Waals surface area contributed by atoms with Crippen LogP contribution in [-0.4, -0.2) is 53.5 Å². The fraction of sp³-hybridized carbons (Fsp3) is 0.407. The molecular weight excluding hydrogens is 489 g/mol. The molecule has 2 aromatic carbocycles. The van der Waals surface area contributed by atoms with Gasteiger partial charge in [-0.25, -0.2) is 13.2 Å². The van der Waals surface area contributed by atoms with Crippen LogP contribution in [0.2, 0.25) is 0 Å². The van der Waals surface area contributed by atoms with Crippen molar-refractivity contribution in [1.82, 2.24) is 9.88 Å². The average molecular weight is 519 g/mol. The Morgan fingerprint density at radius 1 is 1.25 bits per heavy atom. The maximum absolute atomic E-state index is 15.4. The van der Waals surface area contributed by atoms with Crippen LogP contribution >= 0.6 is 11.8 Å². The smallest absolute Gasteiger partial charge is 0.308 e. The van der Waals surface area contributed by atoms with E-state index in [-0.39, 0.29) is 17.2 Å². The highest BCUT2D eigenvalue weighted by molar-refractivity contribution is 7.99. The maximum Gasteiger partial charge on any atom is 0.308 e. The summed E-state index contributed by atoms with van der Waals surface area (Å²) in [5, 5.41) is 10.5. The summed E-state index contributed by atoms with van der Waals surface area (Å²) in [6.45, 7) is 1.53. The Morgan fingerprint density at radius 3 is 2.75 bits per heavy atom. The van der Waals surface area contributed by atoms with Gasteiger partial charge in [-0.2, -0.15) is 0 Å². The number of pyridine rings is 1.